The summed E-state index contributed by atoms with van der Waals surface area (Å²) in [4.78, 5) is 16.7. The van der Waals surface area contributed by atoms with Crippen molar-refractivity contribution in [1.82, 2.24) is 9.80 Å². The van der Waals surface area contributed by atoms with Crippen LogP contribution in [0.5, 0.6) is 5.75 Å². The average Bonchev–Trinajstić information content (AvgIpc) is 2.56. The summed E-state index contributed by atoms with van der Waals surface area (Å²) in [7, 11) is 0. The van der Waals surface area contributed by atoms with Crippen molar-refractivity contribution in [2.24, 2.45) is 0 Å². The van der Waals surface area contributed by atoms with Gasteiger partial charge >= 0.3 is 0 Å². The molecule has 1 fully saturated rings. The molecule has 1 heterocycles. The van der Waals surface area contributed by atoms with Gasteiger partial charge in [-0.25, -0.2) is 0 Å². The highest BCUT2D eigenvalue weighted by Crippen LogP contribution is 2.16. The number of rotatable bonds is 6. The second kappa shape index (κ2) is 8.31. The van der Waals surface area contributed by atoms with E-state index >= 15 is 0 Å². The summed E-state index contributed by atoms with van der Waals surface area (Å²) in [5.74, 6) is 0.763. The maximum Gasteiger partial charge on any atom is 0.263 e. The van der Waals surface area contributed by atoms with E-state index in [-0.39, 0.29) is 18.6 Å². The first-order chi connectivity index (χ1) is 11.0. The van der Waals surface area contributed by atoms with E-state index in [1.807, 2.05) is 36.1 Å². The summed E-state index contributed by atoms with van der Waals surface area (Å²) in [6.07, 6.45) is 0.445. The summed E-state index contributed by atoms with van der Waals surface area (Å²) in [5.41, 5.74) is 1.12. The number of nitrogens with zero attached hydrogens (tertiary/aromatic N) is 2. The molecule has 1 saturated heterocycles. The minimum absolute atomic E-state index is 0.0307. The van der Waals surface area contributed by atoms with Crippen LogP contribution in [0.15, 0.2) is 24.3 Å². The van der Waals surface area contributed by atoms with Crippen LogP contribution in [0.2, 0.25) is 0 Å². The van der Waals surface area contributed by atoms with E-state index < -0.39 is 6.10 Å². The summed E-state index contributed by atoms with van der Waals surface area (Å²) in [6, 6.07) is 7.95. The van der Waals surface area contributed by atoms with Crippen LogP contribution >= 0.6 is 0 Å². The zero-order valence-corrected chi connectivity index (χ0v) is 14.4. The van der Waals surface area contributed by atoms with Crippen LogP contribution in [0, 0.1) is 6.92 Å². The molecule has 5 nitrogen and oxygen atoms in total. The molecule has 0 aliphatic carbocycles. The normalized spacial score (nSPS) is 18.5. The number of benzene rings is 1. The number of carbonyl (C=O) groups excluding carboxylic acids is 1. The van der Waals surface area contributed by atoms with Gasteiger partial charge in [-0.3, -0.25) is 9.69 Å². The van der Waals surface area contributed by atoms with Gasteiger partial charge in [-0.15, -0.1) is 0 Å². The van der Waals surface area contributed by atoms with Gasteiger partial charge in [0.2, 0.25) is 0 Å². The molecular formula is C18H28N2O3. The molecule has 128 valence electrons. The van der Waals surface area contributed by atoms with Crippen molar-refractivity contribution in [3.05, 3.63) is 29.8 Å². The molecule has 1 amide bonds. The number of carbonyl (C=O) groups is 1. The van der Waals surface area contributed by atoms with Gasteiger partial charge in [0.05, 0.1) is 6.61 Å². The Morgan fingerprint density at radius 1 is 1.30 bits per heavy atom. The van der Waals surface area contributed by atoms with Gasteiger partial charge in [-0.2, -0.15) is 0 Å². The molecule has 0 radical (unpaired) electrons. The highest BCUT2D eigenvalue weighted by Gasteiger charge is 2.28. The molecule has 0 saturated carbocycles. The van der Waals surface area contributed by atoms with E-state index in [2.05, 4.69) is 11.8 Å². The molecule has 2 atom stereocenters. The first-order valence-electron chi connectivity index (χ1n) is 8.42. The van der Waals surface area contributed by atoms with Gasteiger partial charge in [0, 0.05) is 32.2 Å². The Kier molecular flexibility index (Phi) is 6.42. The third-order valence-electron chi connectivity index (χ3n) is 4.47. The standard InChI is InChI=1S/C18H28N2O3/c1-4-16(13-21)19-8-10-20(11-9-19)18(22)15(3)23-17-7-5-6-14(2)12-17/h5-7,12,15-16,21H,4,8-11,13H2,1-3H3. The quantitative estimate of drug-likeness (QED) is 0.866. The van der Waals surface area contributed by atoms with E-state index in [1.165, 1.54) is 0 Å². The molecule has 1 aromatic rings. The van der Waals surface area contributed by atoms with Crippen LogP contribution < -0.4 is 4.74 Å². The molecule has 1 aromatic carbocycles. The average molecular weight is 320 g/mol. The monoisotopic (exact) mass is 320 g/mol. The summed E-state index contributed by atoms with van der Waals surface area (Å²) < 4.78 is 5.78. The van der Waals surface area contributed by atoms with Crippen molar-refractivity contribution in [3.63, 3.8) is 0 Å². The second-order valence-corrected chi connectivity index (χ2v) is 6.18. The number of hydrogen-bond donors (Lipinski definition) is 1. The maximum atomic E-state index is 12.5. The van der Waals surface area contributed by atoms with Gasteiger partial charge in [-0.1, -0.05) is 19.1 Å². The first kappa shape index (κ1) is 17.8. The van der Waals surface area contributed by atoms with E-state index in [9.17, 15) is 9.90 Å². The first-order valence-corrected chi connectivity index (χ1v) is 8.42. The third-order valence-corrected chi connectivity index (χ3v) is 4.47. The summed E-state index contributed by atoms with van der Waals surface area (Å²) in [5, 5.41) is 9.39. The number of aliphatic hydroxyl groups is 1. The number of ether oxygens (including phenoxy) is 1. The summed E-state index contributed by atoms with van der Waals surface area (Å²) >= 11 is 0. The van der Waals surface area contributed by atoms with Gasteiger partial charge in [0.1, 0.15) is 5.75 Å². The predicted molar refractivity (Wildman–Crippen MR) is 90.6 cm³/mol. The Morgan fingerprint density at radius 2 is 2.00 bits per heavy atom. The molecule has 0 bridgehead atoms. The van der Waals surface area contributed by atoms with Crippen LogP contribution in [0.25, 0.3) is 0 Å². The third kappa shape index (κ3) is 4.69. The maximum absolute atomic E-state index is 12.5. The lowest BCUT2D eigenvalue weighted by atomic mass is 10.1. The fraction of sp³-hybridized carbons (Fsp3) is 0.611. The number of aliphatic hydroxyl groups excluding tert-OH is 1. The molecule has 2 rings (SSSR count). The molecular weight excluding hydrogens is 292 g/mol. The van der Waals surface area contributed by atoms with Crippen LogP contribution in [0.1, 0.15) is 25.8 Å². The van der Waals surface area contributed by atoms with Crippen molar-refractivity contribution < 1.29 is 14.6 Å². The Labute approximate surface area is 138 Å². The van der Waals surface area contributed by atoms with Gasteiger partial charge in [-0.05, 0) is 38.0 Å². The van der Waals surface area contributed by atoms with Crippen LogP contribution in [-0.2, 0) is 4.79 Å². The van der Waals surface area contributed by atoms with Crippen LogP contribution in [0.3, 0.4) is 0 Å². The van der Waals surface area contributed by atoms with Crippen molar-refractivity contribution in [1.29, 1.82) is 0 Å². The number of hydrogen-bond acceptors (Lipinski definition) is 4. The van der Waals surface area contributed by atoms with E-state index in [1.54, 1.807) is 6.92 Å². The highest BCUT2D eigenvalue weighted by atomic mass is 16.5. The zero-order chi connectivity index (χ0) is 16.8. The molecule has 1 N–H and O–H groups in total. The fourth-order valence-corrected chi connectivity index (χ4v) is 3.01. The number of aryl methyl sites for hydroxylation is 1. The number of amides is 1. The molecule has 0 spiro atoms. The SMILES string of the molecule is CCC(CO)N1CCN(C(=O)C(C)Oc2cccc(C)c2)CC1. The van der Waals surface area contributed by atoms with Crippen LogP contribution in [-0.4, -0.2) is 65.7 Å². The zero-order valence-electron chi connectivity index (χ0n) is 14.4. The molecule has 5 heteroatoms. The van der Waals surface area contributed by atoms with Crippen molar-refractivity contribution in [2.45, 2.75) is 39.3 Å². The summed E-state index contributed by atoms with van der Waals surface area (Å²) in [6.45, 7) is 9.06. The van der Waals surface area contributed by atoms with Gasteiger partial charge in [0.25, 0.3) is 5.91 Å². The smallest absolute Gasteiger partial charge is 0.263 e. The van der Waals surface area contributed by atoms with Gasteiger partial charge < -0.3 is 14.7 Å². The van der Waals surface area contributed by atoms with E-state index in [4.69, 9.17) is 4.74 Å². The number of piperazine rings is 1. The predicted octanol–water partition coefficient (Wildman–Crippen LogP) is 1.68. The Morgan fingerprint density at radius 3 is 2.57 bits per heavy atom. The Balaban J connectivity index is 1.86. The molecule has 0 aromatic heterocycles. The Hall–Kier alpha value is -1.59. The molecule has 2 unspecified atom stereocenters. The largest absolute Gasteiger partial charge is 0.481 e. The van der Waals surface area contributed by atoms with Crippen LogP contribution in [0.4, 0.5) is 0 Å². The van der Waals surface area contributed by atoms with Crippen molar-refractivity contribution in [2.75, 3.05) is 32.8 Å². The van der Waals surface area contributed by atoms with Crippen molar-refractivity contribution >= 4 is 5.91 Å². The minimum atomic E-state index is -0.483. The minimum Gasteiger partial charge on any atom is -0.481 e. The molecule has 1 aliphatic rings. The molecule has 1 aliphatic heterocycles. The van der Waals surface area contributed by atoms with E-state index in [0.717, 1.165) is 30.8 Å². The molecule has 23 heavy (non-hydrogen) atoms. The fourth-order valence-electron chi connectivity index (χ4n) is 3.01. The Bertz CT molecular complexity index is 509. The highest BCUT2D eigenvalue weighted by molar-refractivity contribution is 5.81. The van der Waals surface area contributed by atoms with Crippen molar-refractivity contribution in [3.8, 4) is 5.75 Å². The lowest BCUT2D eigenvalue weighted by Crippen LogP contribution is -2.54. The van der Waals surface area contributed by atoms with Gasteiger partial charge in [0.15, 0.2) is 6.10 Å². The second-order valence-electron chi connectivity index (χ2n) is 6.18. The lowest BCUT2D eigenvalue weighted by Gasteiger charge is -2.39. The lowest BCUT2D eigenvalue weighted by molar-refractivity contribution is -0.140. The topological polar surface area (TPSA) is 53.0 Å². The van der Waals surface area contributed by atoms with E-state index in [0.29, 0.717) is 13.1 Å².